The van der Waals surface area contributed by atoms with Gasteiger partial charge in [-0.3, -0.25) is 0 Å². The summed E-state index contributed by atoms with van der Waals surface area (Å²) in [5.74, 6) is 1.71. The summed E-state index contributed by atoms with van der Waals surface area (Å²) in [4.78, 5) is 15.3. The lowest BCUT2D eigenvalue weighted by atomic mass is 10.00. The molecule has 0 aliphatic carbocycles. The van der Waals surface area contributed by atoms with Crippen LogP contribution in [-0.4, -0.2) is 15.0 Å². The Bertz CT molecular complexity index is 2870. The van der Waals surface area contributed by atoms with Gasteiger partial charge in [0, 0.05) is 38.2 Å². The second-order valence-corrected chi connectivity index (χ2v) is 12.4. The minimum absolute atomic E-state index is 0.548. The maximum absolute atomic E-state index is 6.43. The van der Waals surface area contributed by atoms with Gasteiger partial charge in [-0.15, -0.1) is 0 Å². The molecule has 7 aromatic carbocycles. The predicted octanol–water partition coefficient (Wildman–Crippen LogP) is 12.0. The third-order valence-electron chi connectivity index (χ3n) is 9.37. The fraction of sp³-hybridized carbons (Fsp3) is 0. The van der Waals surface area contributed by atoms with E-state index in [2.05, 4.69) is 97.1 Å². The van der Waals surface area contributed by atoms with E-state index in [1.54, 1.807) is 0 Å². The number of fused-ring (bicyclic) bond motifs is 6. The first-order chi connectivity index (χ1) is 24.8. The molecule has 0 atom stereocenters. The first-order valence-electron chi connectivity index (χ1n) is 16.6. The van der Waals surface area contributed by atoms with Crippen molar-refractivity contribution < 1.29 is 8.83 Å². The molecule has 3 aromatic heterocycles. The van der Waals surface area contributed by atoms with Gasteiger partial charge in [-0.1, -0.05) is 140 Å². The van der Waals surface area contributed by atoms with Crippen LogP contribution in [0.2, 0.25) is 0 Å². The minimum atomic E-state index is 0.548. The van der Waals surface area contributed by atoms with Crippen LogP contribution in [0.15, 0.2) is 173 Å². The van der Waals surface area contributed by atoms with E-state index in [0.717, 1.165) is 82.8 Å². The van der Waals surface area contributed by atoms with Gasteiger partial charge in [0.2, 0.25) is 0 Å². The molecule has 0 saturated heterocycles. The van der Waals surface area contributed by atoms with Crippen molar-refractivity contribution in [2.45, 2.75) is 0 Å². The Morgan fingerprint density at radius 1 is 0.300 bits per heavy atom. The highest BCUT2D eigenvalue weighted by molar-refractivity contribution is 6.10. The lowest BCUT2D eigenvalue weighted by Gasteiger charge is -2.10. The van der Waals surface area contributed by atoms with Crippen LogP contribution in [-0.2, 0) is 0 Å². The summed E-state index contributed by atoms with van der Waals surface area (Å²) in [5.41, 5.74) is 10.2. The number of hydrogen-bond acceptors (Lipinski definition) is 5. The topological polar surface area (TPSA) is 65.0 Å². The number of nitrogens with zero attached hydrogens (tertiary/aromatic N) is 3. The van der Waals surface area contributed by atoms with Gasteiger partial charge >= 0.3 is 0 Å². The van der Waals surface area contributed by atoms with Crippen LogP contribution in [0.4, 0.5) is 0 Å². The predicted molar refractivity (Wildman–Crippen MR) is 202 cm³/mol. The number of benzene rings is 7. The molecule has 0 spiro atoms. The van der Waals surface area contributed by atoms with Crippen LogP contribution < -0.4 is 0 Å². The van der Waals surface area contributed by atoms with E-state index >= 15 is 0 Å². The number of hydrogen-bond donors (Lipinski definition) is 0. The summed E-state index contributed by atoms with van der Waals surface area (Å²) < 4.78 is 12.8. The van der Waals surface area contributed by atoms with Crippen molar-refractivity contribution in [1.82, 2.24) is 15.0 Å². The molecule has 0 fully saturated rings. The Kier molecular flexibility index (Phi) is 6.42. The summed E-state index contributed by atoms with van der Waals surface area (Å²) in [6, 6.07) is 55.7. The zero-order chi connectivity index (χ0) is 33.0. The highest BCUT2D eigenvalue weighted by atomic mass is 16.3. The van der Waals surface area contributed by atoms with Crippen LogP contribution >= 0.6 is 0 Å². The highest BCUT2D eigenvalue weighted by Crippen LogP contribution is 2.38. The zero-order valence-electron chi connectivity index (χ0n) is 26.7. The van der Waals surface area contributed by atoms with E-state index in [1.807, 2.05) is 66.7 Å². The van der Waals surface area contributed by atoms with Crippen LogP contribution in [0.3, 0.4) is 0 Å². The van der Waals surface area contributed by atoms with Gasteiger partial charge in [-0.05, 0) is 41.0 Å². The molecular weight excluding hydrogens is 615 g/mol. The molecule has 10 rings (SSSR count). The van der Waals surface area contributed by atoms with Crippen molar-refractivity contribution in [3.63, 3.8) is 0 Å². The van der Waals surface area contributed by atoms with E-state index in [4.69, 9.17) is 23.8 Å². The van der Waals surface area contributed by atoms with Gasteiger partial charge in [-0.25, -0.2) is 15.0 Å². The molecule has 0 aliphatic heterocycles. The largest absolute Gasteiger partial charge is 0.455 e. The third-order valence-corrected chi connectivity index (χ3v) is 9.37. The molecule has 50 heavy (non-hydrogen) atoms. The summed E-state index contributed by atoms with van der Waals surface area (Å²) in [6.07, 6.45) is 0. The van der Waals surface area contributed by atoms with Gasteiger partial charge < -0.3 is 8.83 Å². The molecule has 5 nitrogen and oxygen atoms in total. The normalized spacial score (nSPS) is 11.6. The quantitative estimate of drug-likeness (QED) is 0.187. The Labute approximate surface area is 287 Å². The number of aromatic nitrogens is 3. The summed E-state index contributed by atoms with van der Waals surface area (Å²) in [5, 5.41) is 4.27. The molecule has 5 heteroatoms. The Balaban J connectivity index is 1.15. The van der Waals surface area contributed by atoms with Gasteiger partial charge in [-0.2, -0.15) is 0 Å². The second kappa shape index (κ2) is 11.4. The lowest BCUT2D eigenvalue weighted by molar-refractivity contribution is 0.669. The fourth-order valence-electron chi connectivity index (χ4n) is 6.92. The summed E-state index contributed by atoms with van der Waals surface area (Å²) in [6.45, 7) is 0. The van der Waals surface area contributed by atoms with Gasteiger partial charge in [0.1, 0.15) is 22.3 Å². The highest BCUT2D eigenvalue weighted by Gasteiger charge is 2.19. The Morgan fingerprint density at radius 3 is 1.46 bits per heavy atom. The Morgan fingerprint density at radius 2 is 0.760 bits per heavy atom. The van der Waals surface area contributed by atoms with Crippen molar-refractivity contribution in [2.75, 3.05) is 0 Å². The number of para-hydroxylation sites is 4. The first kappa shape index (κ1) is 28.2. The van der Waals surface area contributed by atoms with Gasteiger partial charge in [0.15, 0.2) is 17.5 Å². The molecule has 0 radical (unpaired) electrons. The number of rotatable bonds is 5. The van der Waals surface area contributed by atoms with E-state index in [0.29, 0.717) is 17.5 Å². The van der Waals surface area contributed by atoms with Crippen LogP contribution in [0.1, 0.15) is 0 Å². The monoisotopic (exact) mass is 641 g/mol. The molecule has 0 bridgehead atoms. The first-order valence-corrected chi connectivity index (χ1v) is 16.6. The van der Waals surface area contributed by atoms with Crippen LogP contribution in [0.5, 0.6) is 0 Å². The van der Waals surface area contributed by atoms with Gasteiger partial charge in [0.05, 0.1) is 5.56 Å². The van der Waals surface area contributed by atoms with E-state index in [1.165, 1.54) is 0 Å². The molecule has 0 saturated carbocycles. The van der Waals surface area contributed by atoms with Crippen LogP contribution in [0.25, 0.3) is 100 Å². The average Bonchev–Trinajstić information content (AvgIpc) is 3.77. The molecule has 3 heterocycles. The zero-order valence-corrected chi connectivity index (χ0v) is 26.7. The van der Waals surface area contributed by atoms with Crippen molar-refractivity contribution >= 4 is 43.9 Å². The molecule has 10 aromatic rings. The molecular formula is C45H27N3O2. The van der Waals surface area contributed by atoms with Gasteiger partial charge in [0.25, 0.3) is 0 Å². The smallest absolute Gasteiger partial charge is 0.167 e. The maximum atomic E-state index is 6.43. The van der Waals surface area contributed by atoms with Crippen molar-refractivity contribution in [1.29, 1.82) is 0 Å². The molecule has 0 aliphatic rings. The average molecular weight is 642 g/mol. The van der Waals surface area contributed by atoms with Crippen molar-refractivity contribution in [3.05, 3.63) is 164 Å². The Hall–Kier alpha value is -6.85. The number of furan rings is 2. The van der Waals surface area contributed by atoms with E-state index < -0.39 is 0 Å². The second-order valence-electron chi connectivity index (χ2n) is 12.4. The maximum Gasteiger partial charge on any atom is 0.167 e. The van der Waals surface area contributed by atoms with E-state index in [-0.39, 0.29) is 0 Å². The van der Waals surface area contributed by atoms with Crippen molar-refractivity contribution in [3.8, 4) is 56.4 Å². The third kappa shape index (κ3) is 4.67. The molecule has 234 valence electrons. The fourth-order valence-corrected chi connectivity index (χ4v) is 6.92. The molecule has 0 unspecified atom stereocenters. The SMILES string of the molecule is c1ccc(-c2ccc(-c3nc(-c4cccc(-c5cccc6c5oc5ccccc56)c4)nc(-c4cccc5c4oc4ccccc45)n3)cc2)cc1. The lowest BCUT2D eigenvalue weighted by Crippen LogP contribution is -2.00. The van der Waals surface area contributed by atoms with E-state index in [9.17, 15) is 0 Å². The summed E-state index contributed by atoms with van der Waals surface area (Å²) in [7, 11) is 0. The summed E-state index contributed by atoms with van der Waals surface area (Å²) >= 11 is 0. The minimum Gasteiger partial charge on any atom is -0.455 e. The molecule has 0 N–H and O–H groups in total. The van der Waals surface area contributed by atoms with Crippen molar-refractivity contribution in [2.24, 2.45) is 0 Å². The molecule has 0 amide bonds. The van der Waals surface area contributed by atoms with Crippen LogP contribution in [0, 0.1) is 0 Å². The standard InChI is InChI=1S/C45H27N3O2/c1-2-11-28(12-3-1)29-23-25-30(26-24-29)43-46-44(48-45(47-43)38-20-10-19-37-35-16-5-7-22-40(35)50-42(37)38)32-14-8-13-31(27-32)33-17-9-18-36-34-15-4-6-21-39(34)49-41(33)36/h1-27H.